The summed E-state index contributed by atoms with van der Waals surface area (Å²) in [6.45, 7) is 0. The number of carboxylic acids is 1. The Bertz CT molecular complexity index is 521. The van der Waals surface area contributed by atoms with Crippen molar-refractivity contribution in [2.45, 2.75) is 6.43 Å². The summed E-state index contributed by atoms with van der Waals surface area (Å²) in [6.07, 6.45) is -2.50. The first-order valence-electron chi connectivity index (χ1n) is 4.13. The van der Waals surface area contributed by atoms with E-state index in [1.807, 2.05) is 0 Å². The minimum Gasteiger partial charge on any atom is -0.476 e. The van der Waals surface area contributed by atoms with Crippen molar-refractivity contribution in [1.82, 2.24) is 4.98 Å². The van der Waals surface area contributed by atoms with Crippen LogP contribution in [0.2, 0.25) is 0 Å². The van der Waals surface area contributed by atoms with Gasteiger partial charge in [-0.25, -0.2) is 18.6 Å². The van der Waals surface area contributed by atoms with Gasteiger partial charge in [0, 0.05) is 16.3 Å². The minimum atomic E-state index is -2.50. The van der Waals surface area contributed by atoms with E-state index in [4.69, 9.17) is 5.11 Å². The van der Waals surface area contributed by atoms with E-state index in [2.05, 4.69) is 4.98 Å². The van der Waals surface area contributed by atoms with Gasteiger partial charge in [-0.05, 0) is 6.07 Å². The molecule has 0 atom stereocenters. The average molecular weight is 261 g/mol. The van der Waals surface area contributed by atoms with E-state index in [0.717, 1.165) is 22.7 Å². The summed E-state index contributed by atoms with van der Waals surface area (Å²) in [7, 11) is 0. The number of rotatable bonds is 3. The maximum Gasteiger partial charge on any atom is 0.355 e. The predicted octanol–water partition coefficient (Wildman–Crippen LogP) is 3.51. The largest absolute Gasteiger partial charge is 0.476 e. The quantitative estimate of drug-likeness (QED) is 0.919. The lowest BCUT2D eigenvalue weighted by atomic mass is 10.3. The third-order valence-corrected chi connectivity index (χ3v) is 3.64. The van der Waals surface area contributed by atoms with Crippen molar-refractivity contribution >= 4 is 28.6 Å². The second-order valence-electron chi connectivity index (χ2n) is 2.88. The third-order valence-electron chi connectivity index (χ3n) is 1.81. The van der Waals surface area contributed by atoms with Crippen LogP contribution in [0.4, 0.5) is 8.78 Å². The Morgan fingerprint density at radius 2 is 2.12 bits per heavy atom. The predicted molar refractivity (Wildman–Crippen MR) is 57.3 cm³/mol. The van der Waals surface area contributed by atoms with Gasteiger partial charge in [0.25, 0.3) is 6.43 Å². The molecule has 16 heavy (non-hydrogen) atoms. The fourth-order valence-corrected chi connectivity index (χ4v) is 2.68. The molecular weight excluding hydrogens is 256 g/mol. The summed E-state index contributed by atoms with van der Waals surface area (Å²) >= 11 is 2.07. The fourth-order valence-electron chi connectivity index (χ4n) is 1.08. The highest BCUT2D eigenvalue weighted by atomic mass is 32.1. The molecule has 0 amide bonds. The summed E-state index contributed by atoms with van der Waals surface area (Å²) in [5, 5.41) is 12.0. The van der Waals surface area contributed by atoms with Crippen LogP contribution in [0.3, 0.4) is 0 Å². The van der Waals surface area contributed by atoms with Gasteiger partial charge in [0.15, 0.2) is 5.69 Å². The maximum absolute atomic E-state index is 12.3. The summed E-state index contributed by atoms with van der Waals surface area (Å²) in [5.41, 5.74) is 0.475. The Morgan fingerprint density at radius 1 is 1.38 bits per heavy atom. The molecule has 0 aliphatic rings. The van der Waals surface area contributed by atoms with E-state index in [9.17, 15) is 13.6 Å². The summed E-state index contributed by atoms with van der Waals surface area (Å²) in [5.74, 6) is -1.12. The molecule has 7 heteroatoms. The highest BCUT2D eigenvalue weighted by Gasteiger charge is 2.14. The van der Waals surface area contributed by atoms with Gasteiger partial charge < -0.3 is 5.11 Å². The molecule has 3 nitrogen and oxygen atoms in total. The van der Waals surface area contributed by atoms with E-state index >= 15 is 0 Å². The Balaban J connectivity index is 2.31. The smallest absolute Gasteiger partial charge is 0.355 e. The second-order valence-corrected chi connectivity index (χ2v) is 4.68. The van der Waals surface area contributed by atoms with Gasteiger partial charge in [-0.15, -0.1) is 22.7 Å². The normalized spacial score (nSPS) is 10.9. The number of aromatic carboxylic acids is 1. The highest BCUT2D eigenvalue weighted by Crippen LogP contribution is 2.32. The summed E-state index contributed by atoms with van der Waals surface area (Å²) in [6, 6.07) is 1.33. The number of aromatic nitrogens is 1. The molecule has 0 fully saturated rings. The molecule has 2 heterocycles. The number of halogens is 2. The van der Waals surface area contributed by atoms with E-state index in [1.54, 1.807) is 5.38 Å². The molecule has 0 radical (unpaired) electrons. The number of hydrogen-bond acceptors (Lipinski definition) is 4. The SMILES string of the molecule is O=C(O)c1csc(-c2csc(C(F)F)c2)n1. The number of alkyl halides is 2. The number of nitrogens with zero attached hydrogens (tertiary/aromatic N) is 1. The van der Waals surface area contributed by atoms with E-state index in [-0.39, 0.29) is 10.6 Å². The number of thiophene rings is 1. The van der Waals surface area contributed by atoms with E-state index < -0.39 is 12.4 Å². The molecule has 0 spiro atoms. The minimum absolute atomic E-state index is 0.0397. The van der Waals surface area contributed by atoms with Crippen molar-refractivity contribution in [1.29, 1.82) is 0 Å². The van der Waals surface area contributed by atoms with Crippen molar-refractivity contribution in [2.24, 2.45) is 0 Å². The van der Waals surface area contributed by atoms with Crippen molar-refractivity contribution in [3.63, 3.8) is 0 Å². The molecule has 0 saturated carbocycles. The molecule has 2 rings (SSSR count). The molecule has 0 bridgehead atoms. The van der Waals surface area contributed by atoms with Crippen LogP contribution < -0.4 is 0 Å². The van der Waals surface area contributed by atoms with Crippen LogP contribution in [0.25, 0.3) is 10.6 Å². The summed E-state index contributed by atoms with van der Waals surface area (Å²) < 4.78 is 24.7. The van der Waals surface area contributed by atoms with Crippen LogP contribution in [0.5, 0.6) is 0 Å². The zero-order valence-electron chi connectivity index (χ0n) is 7.68. The van der Waals surface area contributed by atoms with Crippen LogP contribution in [0.15, 0.2) is 16.8 Å². The molecule has 0 aromatic carbocycles. The lowest BCUT2D eigenvalue weighted by molar-refractivity contribution is 0.0691. The standard InChI is InChI=1S/C9H5F2NO2S2/c10-7(11)6-1-4(2-15-6)8-12-5(3-16-8)9(13)14/h1-3,7H,(H,13,14). The molecule has 0 unspecified atom stereocenters. The Kier molecular flexibility index (Phi) is 2.97. The maximum atomic E-state index is 12.3. The molecular formula is C9H5F2NO2S2. The van der Waals surface area contributed by atoms with Gasteiger partial charge in [-0.2, -0.15) is 0 Å². The van der Waals surface area contributed by atoms with Crippen LogP contribution in [-0.2, 0) is 0 Å². The highest BCUT2D eigenvalue weighted by molar-refractivity contribution is 7.14. The Morgan fingerprint density at radius 3 is 2.62 bits per heavy atom. The number of carboxylic acid groups (broad SMARTS) is 1. The Hall–Kier alpha value is -1.34. The van der Waals surface area contributed by atoms with Crippen molar-refractivity contribution in [2.75, 3.05) is 0 Å². The van der Waals surface area contributed by atoms with E-state index in [0.29, 0.717) is 10.6 Å². The Labute approximate surface area is 97.0 Å². The lowest BCUT2D eigenvalue weighted by Crippen LogP contribution is -1.95. The van der Waals surface area contributed by atoms with Gasteiger partial charge >= 0.3 is 5.97 Å². The van der Waals surface area contributed by atoms with Gasteiger partial charge in [-0.3, -0.25) is 0 Å². The second kappa shape index (κ2) is 4.26. The lowest BCUT2D eigenvalue weighted by Gasteiger charge is -1.90. The molecule has 0 aliphatic carbocycles. The van der Waals surface area contributed by atoms with E-state index in [1.165, 1.54) is 11.4 Å². The molecule has 0 aliphatic heterocycles. The number of hydrogen-bond donors (Lipinski definition) is 1. The first-order chi connectivity index (χ1) is 7.58. The molecule has 2 aromatic rings. The first-order valence-corrected chi connectivity index (χ1v) is 5.89. The summed E-state index contributed by atoms with van der Waals surface area (Å²) in [4.78, 5) is 14.4. The zero-order chi connectivity index (χ0) is 11.7. The third kappa shape index (κ3) is 2.10. The van der Waals surface area contributed by atoms with Crippen molar-refractivity contribution in [3.05, 3.63) is 27.4 Å². The van der Waals surface area contributed by atoms with Crippen LogP contribution in [0.1, 0.15) is 21.8 Å². The van der Waals surface area contributed by atoms with Crippen LogP contribution in [-0.4, -0.2) is 16.1 Å². The van der Waals surface area contributed by atoms with Crippen molar-refractivity contribution in [3.8, 4) is 10.6 Å². The first kappa shape index (κ1) is 11.2. The monoisotopic (exact) mass is 261 g/mol. The fraction of sp³-hybridized carbons (Fsp3) is 0.111. The van der Waals surface area contributed by atoms with Gasteiger partial charge in [0.05, 0.1) is 4.88 Å². The number of carbonyl (C=O) groups is 1. The molecule has 2 aromatic heterocycles. The van der Waals surface area contributed by atoms with Gasteiger partial charge in [-0.1, -0.05) is 0 Å². The van der Waals surface area contributed by atoms with Gasteiger partial charge in [0.1, 0.15) is 5.01 Å². The van der Waals surface area contributed by atoms with Gasteiger partial charge in [0.2, 0.25) is 0 Å². The topological polar surface area (TPSA) is 50.2 Å². The van der Waals surface area contributed by atoms with Crippen molar-refractivity contribution < 1.29 is 18.7 Å². The molecule has 0 saturated heterocycles. The molecule has 84 valence electrons. The zero-order valence-corrected chi connectivity index (χ0v) is 9.32. The number of thiazole rings is 1. The molecule has 1 N–H and O–H groups in total. The van der Waals surface area contributed by atoms with Crippen LogP contribution in [0, 0.1) is 0 Å². The van der Waals surface area contributed by atoms with Crippen LogP contribution >= 0.6 is 22.7 Å². The average Bonchev–Trinajstić information content (AvgIpc) is 2.86.